The molecule has 2 saturated carbocycles. The minimum absolute atomic E-state index is 0.149. The second-order valence-corrected chi connectivity index (χ2v) is 11.2. The van der Waals surface area contributed by atoms with E-state index in [2.05, 4.69) is 29.5 Å². The van der Waals surface area contributed by atoms with Crippen LogP contribution in [0.2, 0.25) is 0 Å². The highest BCUT2D eigenvalue weighted by molar-refractivity contribution is 5.69. The second-order valence-electron chi connectivity index (χ2n) is 11.2. The van der Waals surface area contributed by atoms with Crippen LogP contribution in [0.1, 0.15) is 74.5 Å². The zero-order valence-corrected chi connectivity index (χ0v) is 20.8. The van der Waals surface area contributed by atoms with Gasteiger partial charge in [-0.05, 0) is 66.3 Å². The molecule has 2 bridgehead atoms. The molecule has 3 aliphatic carbocycles. The molecule has 0 aromatic heterocycles. The van der Waals surface area contributed by atoms with Crippen LogP contribution in [0, 0.1) is 18.3 Å². The normalized spacial score (nSPS) is 27.7. The van der Waals surface area contributed by atoms with Gasteiger partial charge in [-0.2, -0.15) is 0 Å². The third-order valence-electron chi connectivity index (χ3n) is 9.33. The average Bonchev–Trinajstić information content (AvgIpc) is 3.42. The number of carbonyl (C=O) groups excluding carboxylic acids is 1. The van der Waals surface area contributed by atoms with Gasteiger partial charge in [0.1, 0.15) is 12.4 Å². The molecular weight excluding hydrogens is 434 g/mol. The number of benzene rings is 2. The summed E-state index contributed by atoms with van der Waals surface area (Å²) in [6.45, 7) is 1.84. The molecule has 3 fully saturated rings. The van der Waals surface area contributed by atoms with Gasteiger partial charge in [-0.25, -0.2) is 4.79 Å². The number of hydrogen-bond acceptors (Lipinski definition) is 3. The van der Waals surface area contributed by atoms with E-state index in [0.29, 0.717) is 19.1 Å². The summed E-state index contributed by atoms with van der Waals surface area (Å²) in [5, 5.41) is 0. The molecular formula is C31H38NO3. The fraction of sp³-hybridized carbons (Fsp3) is 0.548. The number of amides is 1. The van der Waals surface area contributed by atoms with E-state index in [0.717, 1.165) is 36.6 Å². The molecule has 2 aromatic carbocycles. The van der Waals surface area contributed by atoms with Crippen LogP contribution in [-0.4, -0.2) is 30.2 Å². The van der Waals surface area contributed by atoms with E-state index in [1.165, 1.54) is 62.5 Å². The van der Waals surface area contributed by atoms with Gasteiger partial charge in [-0.1, -0.05) is 74.9 Å². The largest absolute Gasteiger partial charge is 0.493 e. The first-order valence-corrected chi connectivity index (χ1v) is 13.8. The maximum Gasteiger partial charge on any atom is 0.410 e. The van der Waals surface area contributed by atoms with Gasteiger partial charge in [0.05, 0.1) is 6.61 Å². The van der Waals surface area contributed by atoms with Crippen LogP contribution in [0.3, 0.4) is 0 Å². The average molecular weight is 473 g/mol. The third-order valence-corrected chi connectivity index (χ3v) is 9.33. The van der Waals surface area contributed by atoms with E-state index < -0.39 is 0 Å². The first kappa shape index (κ1) is 22.9. The predicted molar refractivity (Wildman–Crippen MR) is 137 cm³/mol. The van der Waals surface area contributed by atoms with E-state index in [-0.39, 0.29) is 17.6 Å². The van der Waals surface area contributed by atoms with Gasteiger partial charge in [0.2, 0.25) is 0 Å². The number of fused-ring (bicyclic) bond motifs is 1. The van der Waals surface area contributed by atoms with Gasteiger partial charge < -0.3 is 14.4 Å². The van der Waals surface area contributed by atoms with Crippen molar-refractivity contribution < 1.29 is 14.3 Å². The second kappa shape index (κ2) is 9.87. The van der Waals surface area contributed by atoms with Gasteiger partial charge in [0.25, 0.3) is 0 Å². The number of likely N-dealkylation sites (tertiary alicyclic amines) is 1. The van der Waals surface area contributed by atoms with Gasteiger partial charge in [-0.15, -0.1) is 0 Å². The van der Waals surface area contributed by atoms with Crippen LogP contribution in [0.25, 0.3) is 0 Å². The summed E-state index contributed by atoms with van der Waals surface area (Å²) in [4.78, 5) is 15.3. The molecule has 1 radical (unpaired) electrons. The fourth-order valence-corrected chi connectivity index (χ4v) is 7.58. The Morgan fingerprint density at radius 2 is 1.83 bits per heavy atom. The highest BCUT2D eigenvalue weighted by atomic mass is 16.6. The van der Waals surface area contributed by atoms with Gasteiger partial charge in [0, 0.05) is 24.4 Å². The molecule has 4 heteroatoms. The van der Waals surface area contributed by atoms with Crippen LogP contribution in [0.15, 0.2) is 48.5 Å². The molecule has 1 amide bonds. The zero-order chi connectivity index (χ0) is 23.7. The van der Waals surface area contributed by atoms with Crippen molar-refractivity contribution in [3.8, 4) is 5.75 Å². The molecule has 1 heterocycles. The number of ether oxygens (including phenoxy) is 2. The number of piperidine rings is 1. The minimum atomic E-state index is -0.149. The maximum atomic E-state index is 13.2. The molecule has 0 unspecified atom stereocenters. The topological polar surface area (TPSA) is 38.8 Å². The lowest BCUT2D eigenvalue weighted by molar-refractivity contribution is -0.0137. The predicted octanol–water partition coefficient (Wildman–Crippen LogP) is 6.86. The van der Waals surface area contributed by atoms with Crippen LogP contribution < -0.4 is 4.74 Å². The Hall–Kier alpha value is -2.49. The Morgan fingerprint density at radius 1 is 1.00 bits per heavy atom. The van der Waals surface area contributed by atoms with Crippen molar-refractivity contribution in [2.75, 3.05) is 13.2 Å². The van der Waals surface area contributed by atoms with E-state index >= 15 is 0 Å². The van der Waals surface area contributed by atoms with E-state index in [9.17, 15) is 4.79 Å². The molecule has 2 aromatic rings. The molecule has 185 valence electrons. The van der Waals surface area contributed by atoms with Crippen LogP contribution in [0.4, 0.5) is 4.79 Å². The molecule has 35 heavy (non-hydrogen) atoms. The Morgan fingerprint density at radius 3 is 2.69 bits per heavy atom. The number of carbonyl (C=O) groups is 1. The lowest BCUT2D eigenvalue weighted by atomic mass is 9.52. The monoisotopic (exact) mass is 472 g/mol. The third kappa shape index (κ3) is 4.45. The summed E-state index contributed by atoms with van der Waals surface area (Å²) < 4.78 is 12.0. The molecule has 3 atom stereocenters. The van der Waals surface area contributed by atoms with Gasteiger partial charge in [0.15, 0.2) is 0 Å². The zero-order valence-electron chi connectivity index (χ0n) is 20.8. The van der Waals surface area contributed by atoms with Crippen molar-refractivity contribution in [2.24, 2.45) is 11.8 Å². The Balaban J connectivity index is 1.19. The van der Waals surface area contributed by atoms with E-state index in [1.807, 2.05) is 30.3 Å². The number of rotatable bonds is 6. The first-order valence-electron chi connectivity index (χ1n) is 13.8. The smallest absolute Gasteiger partial charge is 0.410 e. The molecule has 1 saturated heterocycles. The van der Waals surface area contributed by atoms with Gasteiger partial charge in [-0.3, -0.25) is 0 Å². The van der Waals surface area contributed by atoms with E-state index in [4.69, 9.17) is 9.47 Å². The van der Waals surface area contributed by atoms with Crippen molar-refractivity contribution in [3.05, 3.63) is 71.6 Å². The van der Waals surface area contributed by atoms with Crippen molar-refractivity contribution in [2.45, 2.75) is 82.3 Å². The molecule has 4 nitrogen and oxygen atoms in total. The number of hydrogen-bond donors (Lipinski definition) is 0. The summed E-state index contributed by atoms with van der Waals surface area (Å²) in [6.07, 6.45) is 14.5. The summed E-state index contributed by atoms with van der Waals surface area (Å²) >= 11 is 0. The molecule has 4 aliphatic rings. The lowest BCUT2D eigenvalue weighted by Gasteiger charge is -2.58. The highest BCUT2D eigenvalue weighted by Gasteiger charge is 2.55. The highest BCUT2D eigenvalue weighted by Crippen LogP contribution is 2.56. The Bertz CT molecular complexity index is 1030. The van der Waals surface area contributed by atoms with E-state index in [1.54, 1.807) is 0 Å². The van der Waals surface area contributed by atoms with Crippen LogP contribution >= 0.6 is 0 Å². The first-order chi connectivity index (χ1) is 17.2. The van der Waals surface area contributed by atoms with Crippen molar-refractivity contribution in [1.29, 1.82) is 0 Å². The standard InChI is InChI=1S/C31H38NO3/c33-30(35-22-24-10-2-1-3-11-24)32-18-17-31-16-7-6-12-27(31)29(32)20-25-13-14-26(21-28(25)31)34-19-15-23-8-4-5-9-23/h1-3,10-11,13-15,21,23,27,29H,4-9,12,16-20,22H2/t27-,29+,31+/m0/s1. The molecule has 0 spiro atoms. The molecule has 6 rings (SSSR count). The molecule has 1 aliphatic heterocycles. The number of nitrogens with zero attached hydrogens (tertiary/aromatic N) is 1. The van der Waals surface area contributed by atoms with Crippen LogP contribution in [0.5, 0.6) is 5.75 Å². The van der Waals surface area contributed by atoms with Crippen molar-refractivity contribution in [1.82, 2.24) is 4.90 Å². The van der Waals surface area contributed by atoms with Gasteiger partial charge >= 0.3 is 6.09 Å². The van der Waals surface area contributed by atoms with Crippen molar-refractivity contribution in [3.63, 3.8) is 0 Å². The summed E-state index contributed by atoms with van der Waals surface area (Å²) in [5.74, 6) is 2.27. The summed E-state index contributed by atoms with van der Waals surface area (Å²) in [6, 6.07) is 17.0. The lowest BCUT2D eigenvalue weighted by Crippen LogP contribution is -2.62. The van der Waals surface area contributed by atoms with Crippen molar-refractivity contribution >= 4 is 6.09 Å². The fourth-order valence-electron chi connectivity index (χ4n) is 7.58. The minimum Gasteiger partial charge on any atom is -0.493 e. The Kier molecular flexibility index (Phi) is 6.47. The quantitative estimate of drug-likeness (QED) is 0.461. The maximum absolute atomic E-state index is 13.2. The molecule has 0 N–H and O–H groups in total. The Labute approximate surface area is 210 Å². The summed E-state index contributed by atoms with van der Waals surface area (Å²) in [7, 11) is 0. The van der Waals surface area contributed by atoms with Crippen LogP contribution in [-0.2, 0) is 23.2 Å². The SMILES string of the molecule is O=C(OCc1ccccc1)N1CC[C@]23CCCC[C@H]2[C@H]1Cc1ccc(OC[CH]C2CCCC2)cc13. The summed E-state index contributed by atoms with van der Waals surface area (Å²) in [5.41, 5.74) is 4.13.